The van der Waals surface area contributed by atoms with E-state index < -0.39 is 0 Å². The molecule has 15 heavy (non-hydrogen) atoms. The molecule has 0 bridgehead atoms. The first-order chi connectivity index (χ1) is 7.24. The summed E-state index contributed by atoms with van der Waals surface area (Å²) < 4.78 is 7.77. The number of halogens is 1. The Kier molecular flexibility index (Phi) is 3.06. The van der Waals surface area contributed by atoms with E-state index in [0.717, 1.165) is 13.0 Å². The lowest BCUT2D eigenvalue weighted by Crippen LogP contribution is -2.21. The molecule has 0 unspecified atom stereocenters. The van der Waals surface area contributed by atoms with Gasteiger partial charge in [0.15, 0.2) is 5.78 Å². The number of fused-ring (bicyclic) bond motifs is 1. The van der Waals surface area contributed by atoms with Crippen molar-refractivity contribution in [3.8, 4) is 5.88 Å². The molecule has 6 heteroatoms. The van der Waals surface area contributed by atoms with Crippen molar-refractivity contribution in [2.24, 2.45) is 0 Å². The molecule has 5 nitrogen and oxygen atoms in total. The molecule has 1 aliphatic heterocycles. The molecule has 0 radical (unpaired) electrons. The number of aryl methyl sites for hydroxylation is 1. The van der Waals surface area contributed by atoms with Gasteiger partial charge in [-0.3, -0.25) is 4.79 Å². The number of carbonyl (C=O) groups is 1. The van der Waals surface area contributed by atoms with Gasteiger partial charge < -0.3 is 10.1 Å². The Balaban J connectivity index is 2.37. The van der Waals surface area contributed by atoms with Crippen molar-refractivity contribution in [2.75, 3.05) is 20.2 Å². The first kappa shape index (κ1) is 10.6. The maximum atomic E-state index is 11.8. The van der Waals surface area contributed by atoms with Crippen molar-refractivity contribution in [3.63, 3.8) is 0 Å². The van der Waals surface area contributed by atoms with Gasteiger partial charge in [0.05, 0.1) is 13.2 Å². The van der Waals surface area contributed by atoms with Crippen molar-refractivity contribution in [1.29, 1.82) is 0 Å². The van der Waals surface area contributed by atoms with Crippen LogP contribution < -0.4 is 10.1 Å². The van der Waals surface area contributed by atoms with Crippen LogP contribution in [0.5, 0.6) is 5.88 Å². The largest absolute Gasteiger partial charge is 0.477 e. The number of hydrogen-bond donors (Lipinski definition) is 1. The van der Waals surface area contributed by atoms with Crippen LogP contribution in [0.15, 0.2) is 4.60 Å². The standard InChI is InChI=1S/C9H12BrN3O2/c1-11-5-6(14)7-8(10)12-13-3-2-4-15-9(7)13/h11H,2-5H2,1H3. The zero-order chi connectivity index (χ0) is 10.8. The normalized spacial score (nSPS) is 14.5. The zero-order valence-electron chi connectivity index (χ0n) is 8.42. The molecule has 1 aliphatic rings. The lowest BCUT2D eigenvalue weighted by Gasteiger charge is -2.15. The Labute approximate surface area is 95.9 Å². The molecule has 0 spiro atoms. The van der Waals surface area contributed by atoms with Gasteiger partial charge in [0.25, 0.3) is 0 Å². The number of aromatic nitrogens is 2. The fourth-order valence-corrected chi connectivity index (χ4v) is 2.17. The minimum Gasteiger partial charge on any atom is -0.477 e. The number of hydrogen-bond acceptors (Lipinski definition) is 4. The van der Waals surface area contributed by atoms with E-state index >= 15 is 0 Å². The van der Waals surface area contributed by atoms with Gasteiger partial charge in [0.2, 0.25) is 5.88 Å². The van der Waals surface area contributed by atoms with Gasteiger partial charge in [0.1, 0.15) is 10.2 Å². The predicted molar refractivity (Wildman–Crippen MR) is 58.3 cm³/mol. The highest BCUT2D eigenvalue weighted by Crippen LogP contribution is 2.29. The molecule has 0 saturated heterocycles. The summed E-state index contributed by atoms with van der Waals surface area (Å²) in [5, 5.41) is 7.04. The lowest BCUT2D eigenvalue weighted by molar-refractivity contribution is 0.0986. The summed E-state index contributed by atoms with van der Waals surface area (Å²) in [7, 11) is 1.74. The van der Waals surface area contributed by atoms with Crippen molar-refractivity contribution in [2.45, 2.75) is 13.0 Å². The molecule has 2 heterocycles. The summed E-state index contributed by atoms with van der Waals surface area (Å²) >= 11 is 3.29. The number of Topliss-reactive ketones (excluding diaryl/α,β-unsaturated/α-hetero) is 1. The number of ketones is 1. The Morgan fingerprint density at radius 1 is 1.73 bits per heavy atom. The average Bonchev–Trinajstić information content (AvgIpc) is 2.54. The molecule has 0 amide bonds. The number of carbonyl (C=O) groups excluding carboxylic acids is 1. The highest BCUT2D eigenvalue weighted by molar-refractivity contribution is 9.10. The van der Waals surface area contributed by atoms with E-state index in [1.807, 2.05) is 0 Å². The van der Waals surface area contributed by atoms with Crippen LogP contribution in [-0.2, 0) is 6.54 Å². The van der Waals surface area contributed by atoms with E-state index in [0.29, 0.717) is 29.2 Å². The highest BCUT2D eigenvalue weighted by Gasteiger charge is 2.25. The maximum absolute atomic E-state index is 11.8. The van der Waals surface area contributed by atoms with Crippen LogP contribution in [-0.4, -0.2) is 35.8 Å². The molecule has 0 aliphatic carbocycles. The number of rotatable bonds is 3. The first-order valence-electron chi connectivity index (χ1n) is 4.81. The third kappa shape index (κ3) is 1.91. The summed E-state index contributed by atoms with van der Waals surface area (Å²) in [6, 6.07) is 0. The third-order valence-electron chi connectivity index (χ3n) is 2.23. The monoisotopic (exact) mass is 273 g/mol. The van der Waals surface area contributed by atoms with Crippen LogP contribution >= 0.6 is 15.9 Å². The lowest BCUT2D eigenvalue weighted by atomic mass is 10.2. The second kappa shape index (κ2) is 4.32. The number of nitrogens with zero attached hydrogens (tertiary/aromatic N) is 2. The molecular weight excluding hydrogens is 262 g/mol. The smallest absolute Gasteiger partial charge is 0.224 e. The van der Waals surface area contributed by atoms with Gasteiger partial charge in [-0.15, -0.1) is 0 Å². The molecule has 0 saturated carbocycles. The second-order valence-corrected chi connectivity index (χ2v) is 4.10. The minimum atomic E-state index is -0.00692. The fourth-order valence-electron chi connectivity index (χ4n) is 1.58. The molecular formula is C9H12BrN3O2. The van der Waals surface area contributed by atoms with E-state index in [-0.39, 0.29) is 5.78 Å². The summed E-state index contributed by atoms with van der Waals surface area (Å²) in [6.07, 6.45) is 0.931. The molecule has 1 N–H and O–H groups in total. The molecule has 0 aromatic carbocycles. The molecule has 0 fully saturated rings. The summed E-state index contributed by atoms with van der Waals surface area (Å²) in [4.78, 5) is 11.8. The van der Waals surface area contributed by atoms with Gasteiger partial charge in [-0.1, -0.05) is 0 Å². The van der Waals surface area contributed by atoms with Crippen LogP contribution in [0, 0.1) is 0 Å². The number of likely N-dealkylation sites (N-methyl/N-ethyl adjacent to an activating group) is 1. The van der Waals surface area contributed by atoms with Crippen LogP contribution in [0.3, 0.4) is 0 Å². The van der Waals surface area contributed by atoms with Gasteiger partial charge >= 0.3 is 0 Å². The van der Waals surface area contributed by atoms with Crippen molar-refractivity contribution in [1.82, 2.24) is 15.1 Å². The van der Waals surface area contributed by atoms with E-state index in [1.165, 1.54) is 0 Å². The van der Waals surface area contributed by atoms with Crippen LogP contribution in [0.1, 0.15) is 16.8 Å². The first-order valence-corrected chi connectivity index (χ1v) is 5.60. The molecule has 0 atom stereocenters. The second-order valence-electron chi connectivity index (χ2n) is 3.35. The van der Waals surface area contributed by atoms with Gasteiger partial charge in [-0.05, 0) is 23.0 Å². The fraction of sp³-hybridized carbons (Fsp3) is 0.556. The average molecular weight is 274 g/mol. The van der Waals surface area contributed by atoms with Crippen molar-refractivity contribution < 1.29 is 9.53 Å². The predicted octanol–water partition coefficient (Wildman–Crippen LogP) is 0.830. The van der Waals surface area contributed by atoms with Gasteiger partial charge in [-0.2, -0.15) is 5.10 Å². The summed E-state index contributed by atoms with van der Waals surface area (Å²) in [5.74, 6) is 0.584. The zero-order valence-corrected chi connectivity index (χ0v) is 10.0. The number of nitrogens with one attached hydrogen (secondary N) is 1. The summed E-state index contributed by atoms with van der Waals surface area (Å²) in [6.45, 7) is 1.75. The summed E-state index contributed by atoms with van der Waals surface area (Å²) in [5.41, 5.74) is 0.545. The van der Waals surface area contributed by atoms with Crippen LogP contribution in [0.2, 0.25) is 0 Å². The SMILES string of the molecule is CNCC(=O)c1c(Br)nn2c1OCCC2. The Morgan fingerprint density at radius 2 is 2.53 bits per heavy atom. The van der Waals surface area contributed by atoms with Crippen molar-refractivity contribution >= 4 is 21.7 Å². The van der Waals surface area contributed by atoms with E-state index in [4.69, 9.17) is 4.74 Å². The maximum Gasteiger partial charge on any atom is 0.224 e. The third-order valence-corrected chi connectivity index (χ3v) is 2.79. The van der Waals surface area contributed by atoms with E-state index in [1.54, 1.807) is 11.7 Å². The topological polar surface area (TPSA) is 56.2 Å². The van der Waals surface area contributed by atoms with Gasteiger partial charge in [-0.25, -0.2) is 4.68 Å². The van der Waals surface area contributed by atoms with Crippen molar-refractivity contribution in [3.05, 3.63) is 10.2 Å². The quantitative estimate of drug-likeness (QED) is 0.829. The molecule has 2 rings (SSSR count). The van der Waals surface area contributed by atoms with E-state index in [9.17, 15) is 4.79 Å². The molecule has 1 aromatic rings. The van der Waals surface area contributed by atoms with E-state index in [2.05, 4.69) is 26.3 Å². The number of ether oxygens (including phenoxy) is 1. The van der Waals surface area contributed by atoms with Crippen LogP contribution in [0.4, 0.5) is 0 Å². The molecule has 82 valence electrons. The Morgan fingerprint density at radius 3 is 3.27 bits per heavy atom. The molecule has 1 aromatic heterocycles. The highest BCUT2D eigenvalue weighted by atomic mass is 79.9. The Bertz CT molecular complexity index is 389. The van der Waals surface area contributed by atoms with Crippen LogP contribution in [0.25, 0.3) is 0 Å². The Hall–Kier alpha value is -0.880. The van der Waals surface area contributed by atoms with Gasteiger partial charge in [0, 0.05) is 13.0 Å². The minimum absolute atomic E-state index is 0.00692.